The highest BCUT2D eigenvalue weighted by Gasteiger charge is 2.41. The Morgan fingerprint density at radius 3 is 2.64 bits per heavy atom. The molecule has 0 aromatic rings. The normalized spacial score (nSPS) is 36.4. The molecule has 2 aliphatic rings. The zero-order valence-corrected chi connectivity index (χ0v) is 9.13. The van der Waals surface area contributed by atoms with E-state index in [1.807, 2.05) is 0 Å². The molecule has 0 aliphatic carbocycles. The highest BCUT2D eigenvalue weighted by Crippen LogP contribution is 2.34. The van der Waals surface area contributed by atoms with Crippen LogP contribution < -0.4 is 5.32 Å². The van der Waals surface area contributed by atoms with E-state index in [2.05, 4.69) is 17.3 Å². The molecule has 0 spiro atoms. The first kappa shape index (κ1) is 10.4. The summed E-state index contributed by atoms with van der Waals surface area (Å²) in [4.78, 5) is 2.39. The van der Waals surface area contributed by atoms with Crippen molar-refractivity contribution in [3.8, 4) is 0 Å². The van der Waals surface area contributed by atoms with Crippen molar-refractivity contribution in [1.29, 1.82) is 0 Å². The summed E-state index contributed by atoms with van der Waals surface area (Å²) in [5.41, 5.74) is 0.0707. The van der Waals surface area contributed by atoms with E-state index in [0.29, 0.717) is 12.5 Å². The summed E-state index contributed by atoms with van der Waals surface area (Å²) in [6, 6.07) is 0. The van der Waals surface area contributed by atoms with Gasteiger partial charge in [-0.1, -0.05) is 0 Å². The molecule has 2 aliphatic heterocycles. The third-order valence-corrected chi connectivity index (χ3v) is 4.06. The predicted octanol–water partition coefficient (Wildman–Crippen LogP) is 0.443. The largest absolute Gasteiger partial charge is 0.394 e. The fraction of sp³-hybridized carbons (Fsp3) is 1.00. The fourth-order valence-corrected chi connectivity index (χ4v) is 3.00. The van der Waals surface area contributed by atoms with Gasteiger partial charge in [0.05, 0.1) is 6.61 Å². The third-order valence-electron chi connectivity index (χ3n) is 4.06. The SMILES string of the molecule is CN1CCC(C2(CO)CCCN2)CC1. The number of piperidine rings is 1. The minimum Gasteiger partial charge on any atom is -0.394 e. The lowest BCUT2D eigenvalue weighted by atomic mass is 9.77. The van der Waals surface area contributed by atoms with Crippen LogP contribution in [0.4, 0.5) is 0 Å². The first-order valence-electron chi connectivity index (χ1n) is 5.81. The summed E-state index contributed by atoms with van der Waals surface area (Å²) >= 11 is 0. The summed E-state index contributed by atoms with van der Waals surface area (Å²) in [7, 11) is 2.18. The molecule has 1 unspecified atom stereocenters. The van der Waals surface area contributed by atoms with Crippen LogP contribution in [0, 0.1) is 5.92 Å². The Morgan fingerprint density at radius 2 is 2.14 bits per heavy atom. The van der Waals surface area contributed by atoms with Gasteiger partial charge in [-0.25, -0.2) is 0 Å². The average Bonchev–Trinajstić information content (AvgIpc) is 2.68. The van der Waals surface area contributed by atoms with Gasteiger partial charge in [-0.3, -0.25) is 0 Å². The van der Waals surface area contributed by atoms with E-state index in [1.165, 1.54) is 32.4 Å². The first-order chi connectivity index (χ1) is 6.77. The van der Waals surface area contributed by atoms with Crippen LogP contribution >= 0.6 is 0 Å². The van der Waals surface area contributed by atoms with Crippen molar-refractivity contribution in [3.05, 3.63) is 0 Å². The van der Waals surface area contributed by atoms with E-state index in [0.717, 1.165) is 13.0 Å². The van der Waals surface area contributed by atoms with Crippen LogP contribution in [0.1, 0.15) is 25.7 Å². The van der Waals surface area contributed by atoms with Crippen LogP contribution in [0.5, 0.6) is 0 Å². The van der Waals surface area contributed by atoms with E-state index >= 15 is 0 Å². The van der Waals surface area contributed by atoms with Crippen molar-refractivity contribution < 1.29 is 5.11 Å². The van der Waals surface area contributed by atoms with Gasteiger partial charge in [0.15, 0.2) is 0 Å². The van der Waals surface area contributed by atoms with Crippen LogP contribution in [0.15, 0.2) is 0 Å². The average molecular weight is 198 g/mol. The summed E-state index contributed by atoms with van der Waals surface area (Å²) in [6.45, 7) is 3.79. The molecule has 82 valence electrons. The van der Waals surface area contributed by atoms with Crippen molar-refractivity contribution in [2.45, 2.75) is 31.2 Å². The number of likely N-dealkylation sites (tertiary alicyclic amines) is 1. The maximum absolute atomic E-state index is 9.56. The van der Waals surface area contributed by atoms with Gasteiger partial charge in [-0.2, -0.15) is 0 Å². The zero-order chi connectivity index (χ0) is 10.0. The molecule has 2 N–H and O–H groups in total. The Kier molecular flexibility index (Phi) is 3.10. The molecule has 0 radical (unpaired) electrons. The van der Waals surface area contributed by atoms with Crippen molar-refractivity contribution in [2.24, 2.45) is 5.92 Å². The minimum absolute atomic E-state index is 0.0707. The van der Waals surface area contributed by atoms with E-state index in [4.69, 9.17) is 0 Å². The summed E-state index contributed by atoms with van der Waals surface area (Å²) in [6.07, 6.45) is 4.87. The van der Waals surface area contributed by atoms with Crippen molar-refractivity contribution >= 4 is 0 Å². The second-order valence-corrected chi connectivity index (χ2v) is 4.92. The monoisotopic (exact) mass is 198 g/mol. The Labute approximate surface area is 86.5 Å². The lowest BCUT2D eigenvalue weighted by Gasteiger charge is -2.41. The Hall–Kier alpha value is -0.120. The van der Waals surface area contributed by atoms with Gasteiger partial charge in [0.25, 0.3) is 0 Å². The van der Waals surface area contributed by atoms with E-state index < -0.39 is 0 Å². The van der Waals surface area contributed by atoms with Crippen LogP contribution in [-0.4, -0.2) is 48.8 Å². The molecule has 0 aromatic carbocycles. The van der Waals surface area contributed by atoms with Gasteiger partial charge < -0.3 is 15.3 Å². The molecule has 2 heterocycles. The first-order valence-corrected chi connectivity index (χ1v) is 5.81. The number of nitrogens with one attached hydrogen (secondary N) is 1. The van der Waals surface area contributed by atoms with Crippen LogP contribution in [-0.2, 0) is 0 Å². The Bertz CT molecular complexity index is 182. The number of aliphatic hydroxyl groups excluding tert-OH is 1. The van der Waals surface area contributed by atoms with Gasteiger partial charge in [0, 0.05) is 5.54 Å². The molecule has 2 rings (SSSR count). The second kappa shape index (κ2) is 4.17. The van der Waals surface area contributed by atoms with Crippen LogP contribution in [0.25, 0.3) is 0 Å². The number of hydrogen-bond acceptors (Lipinski definition) is 3. The van der Waals surface area contributed by atoms with E-state index in [9.17, 15) is 5.11 Å². The number of nitrogens with zero attached hydrogens (tertiary/aromatic N) is 1. The molecule has 2 fully saturated rings. The highest BCUT2D eigenvalue weighted by atomic mass is 16.3. The molecule has 3 nitrogen and oxygen atoms in total. The zero-order valence-electron chi connectivity index (χ0n) is 9.13. The Balaban J connectivity index is 1.98. The van der Waals surface area contributed by atoms with Gasteiger partial charge in [-0.15, -0.1) is 0 Å². The lowest BCUT2D eigenvalue weighted by molar-refractivity contribution is 0.0772. The predicted molar refractivity (Wildman–Crippen MR) is 57.3 cm³/mol. The molecule has 1 atom stereocenters. The Morgan fingerprint density at radius 1 is 1.43 bits per heavy atom. The number of hydrogen-bond donors (Lipinski definition) is 2. The molecular formula is C11H22N2O. The van der Waals surface area contributed by atoms with Gasteiger partial charge in [-0.05, 0) is 58.3 Å². The second-order valence-electron chi connectivity index (χ2n) is 4.92. The third kappa shape index (κ3) is 1.81. The number of aliphatic hydroxyl groups is 1. The molecule has 0 aromatic heterocycles. The summed E-state index contributed by atoms with van der Waals surface area (Å²) < 4.78 is 0. The molecule has 14 heavy (non-hydrogen) atoms. The molecular weight excluding hydrogens is 176 g/mol. The highest BCUT2D eigenvalue weighted by molar-refractivity contribution is 4.99. The molecule has 2 saturated heterocycles. The minimum atomic E-state index is 0.0707. The molecule has 0 amide bonds. The fourth-order valence-electron chi connectivity index (χ4n) is 3.00. The topological polar surface area (TPSA) is 35.5 Å². The van der Waals surface area contributed by atoms with E-state index in [-0.39, 0.29) is 5.54 Å². The van der Waals surface area contributed by atoms with Crippen molar-refractivity contribution in [1.82, 2.24) is 10.2 Å². The van der Waals surface area contributed by atoms with Crippen molar-refractivity contribution in [2.75, 3.05) is 33.3 Å². The molecule has 0 saturated carbocycles. The van der Waals surface area contributed by atoms with E-state index in [1.54, 1.807) is 0 Å². The van der Waals surface area contributed by atoms with Crippen molar-refractivity contribution in [3.63, 3.8) is 0 Å². The standard InChI is InChI=1S/C11H22N2O/c1-13-7-3-10(4-8-13)11(9-14)5-2-6-12-11/h10,12,14H,2-9H2,1H3. The molecule has 0 bridgehead atoms. The van der Waals surface area contributed by atoms with Crippen LogP contribution in [0.3, 0.4) is 0 Å². The lowest BCUT2D eigenvalue weighted by Crippen LogP contribution is -2.53. The summed E-state index contributed by atoms with van der Waals surface area (Å²) in [5, 5.41) is 13.1. The quantitative estimate of drug-likeness (QED) is 0.676. The van der Waals surface area contributed by atoms with Gasteiger partial charge >= 0.3 is 0 Å². The maximum Gasteiger partial charge on any atom is 0.0616 e. The number of rotatable bonds is 2. The van der Waals surface area contributed by atoms with Gasteiger partial charge in [0.1, 0.15) is 0 Å². The maximum atomic E-state index is 9.56. The summed E-state index contributed by atoms with van der Waals surface area (Å²) in [5.74, 6) is 0.686. The van der Waals surface area contributed by atoms with Gasteiger partial charge in [0.2, 0.25) is 0 Å². The smallest absolute Gasteiger partial charge is 0.0616 e. The van der Waals surface area contributed by atoms with Crippen LogP contribution in [0.2, 0.25) is 0 Å². The molecule has 3 heteroatoms.